The summed E-state index contributed by atoms with van der Waals surface area (Å²) >= 11 is 0. The third-order valence-corrected chi connectivity index (χ3v) is 2.79. The molecule has 1 aromatic heterocycles. The molecule has 1 aliphatic rings. The summed E-state index contributed by atoms with van der Waals surface area (Å²) in [5.41, 5.74) is 2.60. The molecule has 0 radical (unpaired) electrons. The molecule has 0 aliphatic carbocycles. The van der Waals surface area contributed by atoms with Crippen molar-refractivity contribution in [2.24, 2.45) is 0 Å². The molecule has 1 aromatic rings. The van der Waals surface area contributed by atoms with Crippen LogP contribution >= 0.6 is 0 Å². The van der Waals surface area contributed by atoms with Crippen LogP contribution in [0.2, 0.25) is 0 Å². The summed E-state index contributed by atoms with van der Waals surface area (Å²) in [5, 5.41) is 3.42. The normalized spacial score (nSPS) is 16.2. The molecular weight excluding hydrogens is 202 g/mol. The van der Waals surface area contributed by atoms with Gasteiger partial charge in [0.25, 0.3) is 0 Å². The smallest absolute Gasteiger partial charge is 0.105 e. The molecule has 0 unspecified atom stereocenters. The zero-order valence-corrected chi connectivity index (χ0v) is 10.0. The summed E-state index contributed by atoms with van der Waals surface area (Å²) in [6.07, 6.45) is 3.31. The molecule has 88 valence electrons. The zero-order valence-electron chi connectivity index (χ0n) is 10.0. The van der Waals surface area contributed by atoms with Crippen molar-refractivity contribution in [2.45, 2.75) is 26.8 Å². The maximum atomic E-state index is 5.48. The van der Waals surface area contributed by atoms with Crippen molar-refractivity contribution < 1.29 is 9.15 Å². The van der Waals surface area contributed by atoms with Crippen molar-refractivity contribution in [1.82, 2.24) is 5.32 Å². The lowest BCUT2D eigenvalue weighted by molar-refractivity contribution is 0.148. The highest BCUT2D eigenvalue weighted by molar-refractivity contribution is 5.20. The third kappa shape index (κ3) is 2.97. The monoisotopic (exact) mass is 221 g/mol. The van der Waals surface area contributed by atoms with Crippen LogP contribution in [0, 0.1) is 13.8 Å². The molecule has 0 fully saturated rings. The first-order valence-electron chi connectivity index (χ1n) is 5.78. The fourth-order valence-electron chi connectivity index (χ4n) is 1.95. The van der Waals surface area contributed by atoms with Crippen molar-refractivity contribution in [1.29, 1.82) is 0 Å². The van der Waals surface area contributed by atoms with Crippen molar-refractivity contribution in [3.05, 3.63) is 34.8 Å². The number of hydrogen-bond donors (Lipinski definition) is 1. The molecule has 0 amide bonds. The standard InChI is InChI=1S/C13H19NO2/c1-10-6-13(11(2)16-10)8-14-7-12-4-3-5-15-9-12/h4,6,14H,3,5,7-9H2,1-2H3. The van der Waals surface area contributed by atoms with E-state index in [9.17, 15) is 0 Å². The Balaban J connectivity index is 1.79. The second-order valence-electron chi connectivity index (χ2n) is 4.25. The summed E-state index contributed by atoms with van der Waals surface area (Å²) in [7, 11) is 0. The van der Waals surface area contributed by atoms with Crippen LogP contribution in [0.15, 0.2) is 22.1 Å². The lowest BCUT2D eigenvalue weighted by Gasteiger charge is -2.14. The maximum Gasteiger partial charge on any atom is 0.105 e. The highest BCUT2D eigenvalue weighted by Gasteiger charge is 2.06. The van der Waals surface area contributed by atoms with E-state index >= 15 is 0 Å². The number of hydrogen-bond acceptors (Lipinski definition) is 3. The van der Waals surface area contributed by atoms with Gasteiger partial charge in [0.15, 0.2) is 0 Å². The predicted molar refractivity (Wildman–Crippen MR) is 63.4 cm³/mol. The Bertz CT molecular complexity index is 379. The molecule has 0 aromatic carbocycles. The van der Waals surface area contributed by atoms with Crippen molar-refractivity contribution in [3.63, 3.8) is 0 Å². The van der Waals surface area contributed by atoms with Gasteiger partial charge in [0, 0.05) is 18.7 Å². The van der Waals surface area contributed by atoms with Crippen molar-refractivity contribution in [2.75, 3.05) is 19.8 Å². The SMILES string of the molecule is Cc1cc(CNCC2=CCCOC2)c(C)o1. The molecule has 2 heterocycles. The molecule has 16 heavy (non-hydrogen) atoms. The van der Waals surface area contributed by atoms with E-state index in [4.69, 9.17) is 9.15 Å². The summed E-state index contributed by atoms with van der Waals surface area (Å²) < 4.78 is 10.9. The molecule has 0 saturated heterocycles. The van der Waals surface area contributed by atoms with Gasteiger partial charge in [0.1, 0.15) is 11.5 Å². The molecule has 2 rings (SSSR count). The maximum absolute atomic E-state index is 5.48. The number of rotatable bonds is 4. The van der Waals surface area contributed by atoms with Crippen LogP contribution in [0.3, 0.4) is 0 Å². The largest absolute Gasteiger partial charge is 0.466 e. The minimum Gasteiger partial charge on any atom is -0.466 e. The van der Waals surface area contributed by atoms with Crippen LogP contribution in [0.5, 0.6) is 0 Å². The molecule has 3 nitrogen and oxygen atoms in total. The second kappa shape index (κ2) is 5.32. The number of furan rings is 1. The summed E-state index contributed by atoms with van der Waals surface area (Å²) in [6.45, 7) is 7.39. The van der Waals surface area contributed by atoms with Crippen LogP contribution in [-0.4, -0.2) is 19.8 Å². The Labute approximate surface area is 96.5 Å². The van der Waals surface area contributed by atoms with Gasteiger partial charge >= 0.3 is 0 Å². The van der Waals surface area contributed by atoms with Gasteiger partial charge < -0.3 is 14.5 Å². The Morgan fingerprint density at radius 2 is 2.19 bits per heavy atom. The molecule has 0 atom stereocenters. The molecule has 1 aliphatic heterocycles. The second-order valence-corrected chi connectivity index (χ2v) is 4.25. The lowest BCUT2D eigenvalue weighted by atomic mass is 10.2. The fourth-order valence-corrected chi connectivity index (χ4v) is 1.95. The summed E-state index contributed by atoms with van der Waals surface area (Å²) in [6, 6.07) is 2.09. The van der Waals surface area contributed by atoms with Gasteiger partial charge in [-0.25, -0.2) is 0 Å². The predicted octanol–water partition coefficient (Wildman–Crippen LogP) is 2.33. The van der Waals surface area contributed by atoms with Crippen LogP contribution in [0.25, 0.3) is 0 Å². The molecule has 1 N–H and O–H groups in total. The Morgan fingerprint density at radius 3 is 2.81 bits per heavy atom. The van der Waals surface area contributed by atoms with E-state index in [0.717, 1.165) is 44.2 Å². The molecule has 3 heteroatoms. The van der Waals surface area contributed by atoms with Gasteiger partial charge in [-0.1, -0.05) is 6.08 Å². The van der Waals surface area contributed by atoms with E-state index in [2.05, 4.69) is 17.5 Å². The van der Waals surface area contributed by atoms with Gasteiger partial charge in [0.2, 0.25) is 0 Å². The highest BCUT2D eigenvalue weighted by atomic mass is 16.5. The van der Waals surface area contributed by atoms with Crippen molar-refractivity contribution in [3.8, 4) is 0 Å². The first kappa shape index (κ1) is 11.4. The topological polar surface area (TPSA) is 34.4 Å². The first-order chi connectivity index (χ1) is 7.75. The van der Waals surface area contributed by atoms with E-state index in [-0.39, 0.29) is 0 Å². The minimum absolute atomic E-state index is 0.774. The fraction of sp³-hybridized carbons (Fsp3) is 0.538. The highest BCUT2D eigenvalue weighted by Crippen LogP contribution is 2.13. The average molecular weight is 221 g/mol. The van der Waals surface area contributed by atoms with E-state index in [1.165, 1.54) is 11.1 Å². The van der Waals surface area contributed by atoms with Gasteiger partial charge in [0.05, 0.1) is 13.2 Å². The number of ether oxygens (including phenoxy) is 1. The quantitative estimate of drug-likeness (QED) is 0.792. The van der Waals surface area contributed by atoms with Crippen molar-refractivity contribution >= 4 is 0 Å². The first-order valence-corrected chi connectivity index (χ1v) is 5.78. The molecule has 0 bridgehead atoms. The number of aryl methyl sites for hydroxylation is 2. The van der Waals surface area contributed by atoms with Crippen LogP contribution in [0.1, 0.15) is 23.5 Å². The molecule has 0 spiro atoms. The van der Waals surface area contributed by atoms with Crippen LogP contribution in [-0.2, 0) is 11.3 Å². The lowest BCUT2D eigenvalue weighted by Crippen LogP contribution is -2.21. The van der Waals surface area contributed by atoms with E-state index in [0.29, 0.717) is 0 Å². The summed E-state index contributed by atoms with van der Waals surface area (Å²) in [5.74, 6) is 1.99. The summed E-state index contributed by atoms with van der Waals surface area (Å²) in [4.78, 5) is 0. The van der Waals surface area contributed by atoms with Crippen LogP contribution in [0.4, 0.5) is 0 Å². The van der Waals surface area contributed by atoms with Gasteiger partial charge in [-0.05, 0) is 31.9 Å². The molecular formula is C13H19NO2. The zero-order chi connectivity index (χ0) is 11.4. The Kier molecular flexibility index (Phi) is 3.80. The van der Waals surface area contributed by atoms with Gasteiger partial charge in [-0.15, -0.1) is 0 Å². The Morgan fingerprint density at radius 1 is 1.31 bits per heavy atom. The van der Waals surface area contributed by atoms with E-state index in [1.807, 2.05) is 13.8 Å². The minimum atomic E-state index is 0.774. The number of nitrogens with one attached hydrogen (secondary N) is 1. The van der Waals surface area contributed by atoms with E-state index < -0.39 is 0 Å². The van der Waals surface area contributed by atoms with Gasteiger partial charge in [-0.3, -0.25) is 0 Å². The molecule has 0 saturated carbocycles. The third-order valence-electron chi connectivity index (χ3n) is 2.79. The van der Waals surface area contributed by atoms with Gasteiger partial charge in [-0.2, -0.15) is 0 Å². The van der Waals surface area contributed by atoms with E-state index in [1.54, 1.807) is 0 Å². The Hall–Kier alpha value is -1.06. The van der Waals surface area contributed by atoms with Crippen LogP contribution < -0.4 is 5.32 Å². The average Bonchev–Trinajstić information content (AvgIpc) is 2.59.